The summed E-state index contributed by atoms with van der Waals surface area (Å²) in [6, 6.07) is 12.7. The lowest BCUT2D eigenvalue weighted by Crippen LogP contribution is -2.50. The van der Waals surface area contributed by atoms with E-state index >= 15 is 0 Å². The standard InChI is InChI=1S/C19H24N4O2/c1-14-9-16(21-20-14)10-19(24)23-12-17-18(13-23)25-8-7-22(17)11-15-5-3-2-4-6-15/h2-6,9,17-18H,7-8,10-13H2,1H3,(H,20,21)/t17-,18+/m1/s1. The monoisotopic (exact) mass is 340 g/mol. The number of H-pyrrole nitrogens is 1. The largest absolute Gasteiger partial charge is 0.373 e. The fourth-order valence-corrected chi connectivity index (χ4v) is 3.81. The summed E-state index contributed by atoms with van der Waals surface area (Å²) in [7, 11) is 0. The van der Waals surface area contributed by atoms with Crippen LogP contribution in [0.3, 0.4) is 0 Å². The number of morpholine rings is 1. The molecular formula is C19H24N4O2. The first-order valence-electron chi connectivity index (χ1n) is 8.87. The number of aryl methyl sites for hydroxylation is 1. The summed E-state index contributed by atoms with van der Waals surface area (Å²) in [5.74, 6) is 0.129. The minimum Gasteiger partial charge on any atom is -0.373 e. The molecule has 2 aliphatic rings. The zero-order valence-electron chi connectivity index (χ0n) is 14.5. The molecule has 0 aliphatic carbocycles. The number of aromatic amines is 1. The fourth-order valence-electron chi connectivity index (χ4n) is 3.81. The molecule has 132 valence electrons. The number of aromatic nitrogens is 2. The number of ether oxygens (including phenoxy) is 1. The summed E-state index contributed by atoms with van der Waals surface area (Å²) in [6.45, 7) is 5.91. The lowest BCUT2D eigenvalue weighted by Gasteiger charge is -2.36. The molecule has 2 atom stereocenters. The molecule has 2 fully saturated rings. The molecule has 4 rings (SSSR count). The van der Waals surface area contributed by atoms with E-state index in [-0.39, 0.29) is 18.1 Å². The van der Waals surface area contributed by atoms with Crippen molar-refractivity contribution in [3.05, 3.63) is 53.3 Å². The van der Waals surface area contributed by atoms with Crippen molar-refractivity contribution in [3.63, 3.8) is 0 Å². The molecule has 2 aromatic rings. The number of hydrogen-bond acceptors (Lipinski definition) is 4. The molecule has 2 saturated heterocycles. The van der Waals surface area contributed by atoms with E-state index in [1.807, 2.05) is 24.0 Å². The lowest BCUT2D eigenvalue weighted by molar-refractivity contribution is -0.130. The topological polar surface area (TPSA) is 61.5 Å². The van der Waals surface area contributed by atoms with Gasteiger partial charge in [-0.15, -0.1) is 0 Å². The molecule has 0 unspecified atom stereocenters. The van der Waals surface area contributed by atoms with Gasteiger partial charge in [0.05, 0.1) is 30.9 Å². The Kier molecular flexibility index (Phi) is 4.55. The maximum Gasteiger partial charge on any atom is 0.228 e. The van der Waals surface area contributed by atoms with Gasteiger partial charge in [-0.2, -0.15) is 5.10 Å². The number of hydrogen-bond donors (Lipinski definition) is 1. The summed E-state index contributed by atoms with van der Waals surface area (Å²) in [5, 5.41) is 7.07. The molecule has 1 aromatic carbocycles. The number of amides is 1. The Morgan fingerprint density at radius 1 is 1.32 bits per heavy atom. The number of rotatable bonds is 4. The van der Waals surface area contributed by atoms with Gasteiger partial charge < -0.3 is 9.64 Å². The maximum absolute atomic E-state index is 12.6. The zero-order chi connectivity index (χ0) is 17.2. The zero-order valence-corrected chi connectivity index (χ0v) is 14.5. The molecule has 1 aromatic heterocycles. The van der Waals surface area contributed by atoms with Crippen LogP contribution >= 0.6 is 0 Å². The van der Waals surface area contributed by atoms with E-state index in [0.29, 0.717) is 13.0 Å². The van der Waals surface area contributed by atoms with Crippen LogP contribution in [0.25, 0.3) is 0 Å². The Morgan fingerprint density at radius 3 is 2.92 bits per heavy atom. The van der Waals surface area contributed by atoms with E-state index < -0.39 is 0 Å². The van der Waals surface area contributed by atoms with Crippen LogP contribution in [-0.2, 0) is 22.5 Å². The first-order valence-corrected chi connectivity index (χ1v) is 8.87. The van der Waals surface area contributed by atoms with Crippen molar-refractivity contribution < 1.29 is 9.53 Å². The SMILES string of the molecule is Cc1cc(CC(=O)N2C[C@@H]3OCCN(Cc4ccccc4)[C@@H]3C2)n[nH]1. The lowest BCUT2D eigenvalue weighted by atomic mass is 10.1. The highest BCUT2D eigenvalue weighted by atomic mass is 16.5. The first kappa shape index (κ1) is 16.3. The Morgan fingerprint density at radius 2 is 2.16 bits per heavy atom. The minimum absolute atomic E-state index is 0.113. The molecule has 6 nitrogen and oxygen atoms in total. The van der Waals surface area contributed by atoms with Crippen LogP contribution < -0.4 is 0 Å². The van der Waals surface area contributed by atoms with Crippen molar-refractivity contribution in [2.75, 3.05) is 26.2 Å². The minimum atomic E-state index is 0.113. The molecule has 0 radical (unpaired) electrons. The van der Waals surface area contributed by atoms with Crippen LogP contribution in [-0.4, -0.2) is 64.3 Å². The Labute approximate surface area is 147 Å². The number of nitrogens with one attached hydrogen (secondary N) is 1. The fraction of sp³-hybridized carbons (Fsp3) is 0.474. The third-order valence-corrected chi connectivity index (χ3v) is 5.09. The van der Waals surface area contributed by atoms with Crippen LogP contribution in [0, 0.1) is 6.92 Å². The second-order valence-corrected chi connectivity index (χ2v) is 6.95. The van der Waals surface area contributed by atoms with Crippen molar-refractivity contribution in [3.8, 4) is 0 Å². The number of fused-ring (bicyclic) bond motifs is 1. The van der Waals surface area contributed by atoms with Crippen molar-refractivity contribution >= 4 is 5.91 Å². The molecule has 3 heterocycles. The summed E-state index contributed by atoms with van der Waals surface area (Å²) < 4.78 is 5.95. The van der Waals surface area contributed by atoms with Gasteiger partial charge in [0.15, 0.2) is 0 Å². The van der Waals surface area contributed by atoms with Gasteiger partial charge in [-0.3, -0.25) is 14.8 Å². The predicted octanol–water partition coefficient (Wildman–Crippen LogP) is 1.37. The normalized spacial score (nSPS) is 23.6. The molecule has 0 bridgehead atoms. The summed E-state index contributed by atoms with van der Waals surface area (Å²) >= 11 is 0. The van der Waals surface area contributed by atoms with Gasteiger partial charge in [-0.1, -0.05) is 30.3 Å². The quantitative estimate of drug-likeness (QED) is 0.913. The van der Waals surface area contributed by atoms with Gasteiger partial charge in [0.2, 0.25) is 5.91 Å². The third kappa shape index (κ3) is 3.60. The van der Waals surface area contributed by atoms with Gasteiger partial charge in [0, 0.05) is 31.9 Å². The summed E-state index contributed by atoms with van der Waals surface area (Å²) in [5.41, 5.74) is 3.09. The van der Waals surface area contributed by atoms with E-state index in [0.717, 1.165) is 37.6 Å². The van der Waals surface area contributed by atoms with Crippen molar-refractivity contribution in [1.29, 1.82) is 0 Å². The first-order chi connectivity index (χ1) is 12.2. The van der Waals surface area contributed by atoms with E-state index in [4.69, 9.17) is 4.74 Å². The molecule has 1 N–H and O–H groups in total. The van der Waals surface area contributed by atoms with E-state index in [2.05, 4.69) is 39.4 Å². The number of carbonyl (C=O) groups excluding carboxylic acids is 1. The summed E-state index contributed by atoms with van der Waals surface area (Å²) in [4.78, 5) is 17.0. The Bertz CT molecular complexity index is 730. The van der Waals surface area contributed by atoms with Crippen LogP contribution in [0.4, 0.5) is 0 Å². The molecule has 0 spiro atoms. The van der Waals surface area contributed by atoms with Crippen LogP contribution in [0.2, 0.25) is 0 Å². The van der Waals surface area contributed by atoms with Gasteiger partial charge in [-0.25, -0.2) is 0 Å². The third-order valence-electron chi connectivity index (χ3n) is 5.09. The highest BCUT2D eigenvalue weighted by Crippen LogP contribution is 2.25. The average Bonchev–Trinajstić information content (AvgIpc) is 3.22. The highest BCUT2D eigenvalue weighted by molar-refractivity contribution is 5.78. The smallest absolute Gasteiger partial charge is 0.228 e. The Balaban J connectivity index is 1.40. The highest BCUT2D eigenvalue weighted by Gasteiger charge is 2.41. The second-order valence-electron chi connectivity index (χ2n) is 6.95. The van der Waals surface area contributed by atoms with Gasteiger partial charge in [0.25, 0.3) is 0 Å². The molecule has 6 heteroatoms. The van der Waals surface area contributed by atoms with Gasteiger partial charge >= 0.3 is 0 Å². The second kappa shape index (κ2) is 6.98. The molecule has 1 amide bonds. The van der Waals surface area contributed by atoms with Crippen LogP contribution in [0.15, 0.2) is 36.4 Å². The van der Waals surface area contributed by atoms with Crippen molar-refractivity contribution in [2.45, 2.75) is 32.0 Å². The van der Waals surface area contributed by atoms with E-state index in [9.17, 15) is 4.79 Å². The number of benzene rings is 1. The van der Waals surface area contributed by atoms with Crippen LogP contribution in [0.5, 0.6) is 0 Å². The average molecular weight is 340 g/mol. The van der Waals surface area contributed by atoms with E-state index in [1.54, 1.807) is 0 Å². The van der Waals surface area contributed by atoms with Gasteiger partial charge in [-0.05, 0) is 18.6 Å². The number of nitrogens with zero attached hydrogens (tertiary/aromatic N) is 3. The maximum atomic E-state index is 12.6. The van der Waals surface area contributed by atoms with Crippen molar-refractivity contribution in [1.82, 2.24) is 20.0 Å². The summed E-state index contributed by atoms with van der Waals surface area (Å²) in [6.07, 6.45) is 0.463. The molecule has 0 saturated carbocycles. The predicted molar refractivity (Wildman–Crippen MR) is 94.0 cm³/mol. The molecule has 25 heavy (non-hydrogen) atoms. The van der Waals surface area contributed by atoms with Crippen LogP contribution in [0.1, 0.15) is 17.0 Å². The van der Waals surface area contributed by atoms with Gasteiger partial charge in [0.1, 0.15) is 0 Å². The van der Waals surface area contributed by atoms with Crippen molar-refractivity contribution in [2.24, 2.45) is 0 Å². The number of likely N-dealkylation sites (tertiary alicyclic amines) is 1. The molecular weight excluding hydrogens is 316 g/mol. The molecule has 2 aliphatic heterocycles. The number of carbonyl (C=O) groups is 1. The van der Waals surface area contributed by atoms with E-state index in [1.165, 1.54) is 5.56 Å². The Hall–Kier alpha value is -2.18.